The monoisotopic (exact) mass is 435 g/mol. The lowest BCUT2D eigenvalue weighted by Crippen LogP contribution is -2.25. The highest BCUT2D eigenvalue weighted by molar-refractivity contribution is 7.16. The quantitative estimate of drug-likeness (QED) is 0.627. The average molecular weight is 435 g/mol. The number of amides is 1. The highest BCUT2D eigenvalue weighted by Crippen LogP contribution is 2.45. The fourth-order valence-electron chi connectivity index (χ4n) is 3.53. The number of carbonyl (C=O) groups is 1. The number of nitrogens with zero attached hydrogens (tertiary/aromatic N) is 1. The van der Waals surface area contributed by atoms with Gasteiger partial charge in [-0.25, -0.2) is 0 Å². The third kappa shape index (κ3) is 3.53. The van der Waals surface area contributed by atoms with E-state index in [1.807, 2.05) is 24.3 Å². The highest BCUT2D eigenvalue weighted by atomic mass is 32.1. The summed E-state index contributed by atoms with van der Waals surface area (Å²) >= 11 is 1.08. The molecule has 1 aliphatic heterocycles. The van der Waals surface area contributed by atoms with E-state index in [1.165, 1.54) is 7.11 Å². The van der Waals surface area contributed by atoms with Gasteiger partial charge in [-0.3, -0.25) is 9.59 Å². The van der Waals surface area contributed by atoms with E-state index < -0.39 is 11.8 Å². The van der Waals surface area contributed by atoms with Crippen LogP contribution in [0.1, 0.15) is 17.0 Å². The summed E-state index contributed by atoms with van der Waals surface area (Å²) in [6, 6.07) is 14.3. The molecular weight excluding hydrogens is 418 g/mol. The minimum atomic E-state index is -0.749. The number of allylic oxidation sites excluding steroid dienone is 1. The zero-order valence-electron chi connectivity index (χ0n) is 16.4. The number of methoxy groups -OCH3 is 1. The molecule has 1 aromatic heterocycles. The molecule has 0 saturated heterocycles. The Morgan fingerprint density at radius 2 is 2.03 bits per heavy atom. The summed E-state index contributed by atoms with van der Waals surface area (Å²) < 4.78 is 17.0. The van der Waals surface area contributed by atoms with E-state index in [0.717, 1.165) is 21.4 Å². The van der Waals surface area contributed by atoms with Crippen LogP contribution in [0.3, 0.4) is 0 Å². The Bertz CT molecular complexity index is 1340. The van der Waals surface area contributed by atoms with Crippen LogP contribution in [0.5, 0.6) is 17.2 Å². The van der Waals surface area contributed by atoms with Crippen molar-refractivity contribution in [2.75, 3.05) is 13.7 Å². The van der Waals surface area contributed by atoms with Crippen LogP contribution in [0.25, 0.3) is 10.1 Å². The van der Waals surface area contributed by atoms with Crippen LogP contribution in [0.15, 0.2) is 58.7 Å². The highest BCUT2D eigenvalue weighted by Gasteiger charge is 2.35. The summed E-state index contributed by atoms with van der Waals surface area (Å²) in [5, 5.41) is 10.5. The molecule has 0 aliphatic carbocycles. The number of primary amides is 1. The second-order valence-electron chi connectivity index (χ2n) is 6.72. The molecule has 3 aromatic rings. The zero-order chi connectivity index (χ0) is 22.1. The number of fused-ring (bicyclic) bond motifs is 3. The first-order valence-electron chi connectivity index (χ1n) is 9.17. The van der Waals surface area contributed by atoms with Crippen LogP contribution < -0.4 is 30.4 Å². The van der Waals surface area contributed by atoms with Gasteiger partial charge < -0.3 is 25.7 Å². The standard InChI is InChI=1S/C22H17N3O5S/c1-28-15-8-11(6-7-14(15)29-10-17(24)26)18-13(9-23)21(25)30-20-12-4-2-3-5-16(12)31-22(27)19(18)20/h2-8,18H,10,25H2,1H3,(H2,24,26)/t18-/m1/s1. The van der Waals surface area contributed by atoms with Gasteiger partial charge in [-0.15, -0.1) is 0 Å². The van der Waals surface area contributed by atoms with Crippen LogP contribution >= 0.6 is 11.3 Å². The first-order valence-corrected chi connectivity index (χ1v) is 9.98. The van der Waals surface area contributed by atoms with Crippen LogP contribution in [0.4, 0.5) is 0 Å². The number of benzene rings is 2. The molecule has 1 aliphatic rings. The molecule has 156 valence electrons. The Kier molecular flexibility index (Phi) is 5.23. The Morgan fingerprint density at radius 1 is 1.26 bits per heavy atom. The maximum Gasteiger partial charge on any atom is 0.255 e. The Morgan fingerprint density at radius 3 is 2.74 bits per heavy atom. The molecular formula is C22H17N3O5S. The number of hydrogen-bond acceptors (Lipinski definition) is 8. The van der Waals surface area contributed by atoms with Crippen LogP contribution in [0.2, 0.25) is 0 Å². The van der Waals surface area contributed by atoms with Gasteiger partial charge in [-0.2, -0.15) is 5.26 Å². The molecule has 0 spiro atoms. The summed E-state index contributed by atoms with van der Waals surface area (Å²) in [5.41, 5.74) is 12.3. The Hall–Kier alpha value is -4.03. The molecule has 9 heteroatoms. The lowest BCUT2D eigenvalue weighted by molar-refractivity contribution is -0.119. The van der Waals surface area contributed by atoms with E-state index in [9.17, 15) is 14.9 Å². The summed E-state index contributed by atoms with van der Waals surface area (Å²) in [4.78, 5) is 24.1. The molecule has 31 heavy (non-hydrogen) atoms. The van der Waals surface area contributed by atoms with Crippen molar-refractivity contribution in [2.24, 2.45) is 11.5 Å². The third-order valence-electron chi connectivity index (χ3n) is 4.87. The molecule has 0 fully saturated rings. The third-order valence-corrected chi connectivity index (χ3v) is 5.85. The van der Waals surface area contributed by atoms with Gasteiger partial charge in [0, 0.05) is 10.1 Å². The van der Waals surface area contributed by atoms with Gasteiger partial charge in [0.15, 0.2) is 18.1 Å². The first kappa shape index (κ1) is 20.3. The van der Waals surface area contributed by atoms with E-state index in [2.05, 4.69) is 6.07 Å². The van der Waals surface area contributed by atoms with Crippen molar-refractivity contribution >= 4 is 27.3 Å². The van der Waals surface area contributed by atoms with E-state index in [4.69, 9.17) is 25.7 Å². The Balaban J connectivity index is 1.92. The zero-order valence-corrected chi connectivity index (χ0v) is 17.2. The van der Waals surface area contributed by atoms with Gasteiger partial charge in [0.2, 0.25) is 10.6 Å². The fraction of sp³-hybridized carbons (Fsp3) is 0.136. The molecule has 8 nitrogen and oxygen atoms in total. The van der Waals surface area contributed by atoms with Crippen molar-refractivity contribution in [3.63, 3.8) is 0 Å². The SMILES string of the molecule is COc1cc([C@@H]2C(C#N)=C(N)Oc3c2c(=O)sc2ccccc32)ccc1OCC(N)=O. The van der Waals surface area contributed by atoms with Crippen molar-refractivity contribution in [1.82, 2.24) is 0 Å². The van der Waals surface area contributed by atoms with Crippen molar-refractivity contribution in [2.45, 2.75) is 5.92 Å². The van der Waals surface area contributed by atoms with E-state index in [-0.39, 0.29) is 22.8 Å². The molecule has 0 unspecified atom stereocenters. The Labute approximate surface area is 180 Å². The summed E-state index contributed by atoms with van der Waals surface area (Å²) in [5.74, 6) is -0.476. The van der Waals surface area contributed by atoms with E-state index in [0.29, 0.717) is 28.4 Å². The first-order chi connectivity index (χ1) is 14.9. The maximum atomic E-state index is 13.1. The number of rotatable bonds is 5. The number of nitrogens with two attached hydrogens (primary N) is 2. The van der Waals surface area contributed by atoms with Gasteiger partial charge in [-0.05, 0) is 29.8 Å². The van der Waals surface area contributed by atoms with Gasteiger partial charge in [0.1, 0.15) is 17.4 Å². The minimum absolute atomic E-state index is 0.0613. The van der Waals surface area contributed by atoms with Gasteiger partial charge in [0.05, 0.1) is 18.6 Å². The van der Waals surface area contributed by atoms with Crippen molar-refractivity contribution in [3.8, 4) is 23.3 Å². The normalized spacial score (nSPS) is 15.0. The molecule has 4 rings (SSSR count). The lowest BCUT2D eigenvalue weighted by Gasteiger charge is -2.26. The summed E-state index contributed by atoms with van der Waals surface area (Å²) in [7, 11) is 1.44. The maximum absolute atomic E-state index is 13.1. The molecule has 2 aromatic carbocycles. The second-order valence-corrected chi connectivity index (χ2v) is 7.73. The van der Waals surface area contributed by atoms with E-state index >= 15 is 0 Å². The van der Waals surface area contributed by atoms with Crippen molar-refractivity contribution in [1.29, 1.82) is 5.26 Å². The number of ether oxygens (including phenoxy) is 3. The molecule has 1 atom stereocenters. The average Bonchev–Trinajstić information content (AvgIpc) is 2.76. The number of nitriles is 1. The molecule has 2 heterocycles. The smallest absolute Gasteiger partial charge is 0.255 e. The molecule has 1 amide bonds. The number of hydrogen-bond donors (Lipinski definition) is 2. The van der Waals surface area contributed by atoms with Gasteiger partial charge in [0.25, 0.3) is 5.91 Å². The van der Waals surface area contributed by atoms with Gasteiger partial charge >= 0.3 is 0 Å². The van der Waals surface area contributed by atoms with Crippen LogP contribution in [-0.2, 0) is 4.79 Å². The minimum Gasteiger partial charge on any atom is -0.493 e. The topological polar surface area (TPSA) is 138 Å². The molecule has 0 radical (unpaired) electrons. The predicted octanol–water partition coefficient (Wildman–Crippen LogP) is 2.35. The van der Waals surface area contributed by atoms with Crippen LogP contribution in [0, 0.1) is 11.3 Å². The van der Waals surface area contributed by atoms with Crippen LogP contribution in [-0.4, -0.2) is 19.6 Å². The second kappa shape index (κ2) is 8.01. The van der Waals surface area contributed by atoms with Crippen molar-refractivity contribution < 1.29 is 19.0 Å². The summed E-state index contributed by atoms with van der Waals surface area (Å²) in [6.45, 7) is -0.315. The fourth-order valence-corrected chi connectivity index (χ4v) is 4.47. The lowest BCUT2D eigenvalue weighted by atomic mass is 9.84. The van der Waals surface area contributed by atoms with Gasteiger partial charge in [-0.1, -0.05) is 29.5 Å². The number of carbonyl (C=O) groups excluding carboxylic acids is 1. The van der Waals surface area contributed by atoms with E-state index in [1.54, 1.807) is 18.2 Å². The molecule has 0 saturated carbocycles. The predicted molar refractivity (Wildman–Crippen MR) is 115 cm³/mol. The largest absolute Gasteiger partial charge is 0.493 e. The summed E-state index contributed by atoms with van der Waals surface area (Å²) in [6.07, 6.45) is 0. The molecule has 4 N–H and O–H groups in total. The molecule has 0 bridgehead atoms. The van der Waals surface area contributed by atoms with Crippen molar-refractivity contribution in [3.05, 3.63) is 74.6 Å².